The van der Waals surface area contributed by atoms with Crippen molar-refractivity contribution < 1.29 is 19.1 Å². The minimum absolute atomic E-state index is 0.354. The molecule has 0 spiro atoms. The molecule has 3 aromatic rings. The molecule has 2 aromatic heterocycles. The highest BCUT2D eigenvalue weighted by Crippen LogP contribution is 2.32. The second kappa shape index (κ2) is 10.8. The molecule has 2 amide bonds. The van der Waals surface area contributed by atoms with Gasteiger partial charge >= 0.3 is 6.09 Å². The summed E-state index contributed by atoms with van der Waals surface area (Å²) < 4.78 is 5.40. The molecule has 0 aliphatic carbocycles. The van der Waals surface area contributed by atoms with Crippen LogP contribution < -0.4 is 16.0 Å². The number of hydrogen-bond donors (Lipinski definition) is 3. The third-order valence-electron chi connectivity index (χ3n) is 6.23. The molecule has 2 atom stereocenters. The van der Waals surface area contributed by atoms with Crippen molar-refractivity contribution in [3.63, 3.8) is 0 Å². The molecule has 37 heavy (non-hydrogen) atoms. The van der Waals surface area contributed by atoms with Gasteiger partial charge in [0, 0.05) is 49.0 Å². The van der Waals surface area contributed by atoms with Gasteiger partial charge in [-0.3, -0.25) is 9.69 Å². The molecular weight excluding hydrogens is 496 g/mol. The summed E-state index contributed by atoms with van der Waals surface area (Å²) in [6.45, 7) is 7.53. The quantitative estimate of drug-likeness (QED) is 0.402. The Labute approximate surface area is 220 Å². The summed E-state index contributed by atoms with van der Waals surface area (Å²) in [5.74, 6) is -0.547. The molecule has 4 N–H and O–H groups in total. The van der Waals surface area contributed by atoms with Gasteiger partial charge in [-0.25, -0.2) is 9.78 Å². The highest BCUT2D eigenvalue weighted by atomic mass is 35.5. The molecule has 10 nitrogen and oxygen atoms in total. The lowest BCUT2D eigenvalue weighted by atomic mass is 9.97. The molecule has 4 rings (SSSR count). The summed E-state index contributed by atoms with van der Waals surface area (Å²) in [7, 11) is 0. The number of nitrogens with two attached hydrogens (primary N) is 1. The number of alkyl carbamates (subject to hydrolysis) is 1. The normalized spacial score (nSPS) is 16.3. The summed E-state index contributed by atoms with van der Waals surface area (Å²) >= 11 is 6.11. The molecular formula is C26H31ClN6O4. The van der Waals surface area contributed by atoms with Gasteiger partial charge in [0.25, 0.3) is 5.91 Å². The van der Waals surface area contributed by atoms with Gasteiger partial charge < -0.3 is 30.5 Å². The number of anilines is 1. The van der Waals surface area contributed by atoms with Crippen LogP contribution in [0.15, 0.2) is 42.7 Å². The molecule has 1 fully saturated rings. The number of nitrogens with zero attached hydrogens (tertiary/aromatic N) is 3. The Morgan fingerprint density at radius 2 is 1.84 bits per heavy atom. The van der Waals surface area contributed by atoms with Crippen molar-refractivity contribution in [2.75, 3.05) is 31.1 Å². The van der Waals surface area contributed by atoms with E-state index >= 15 is 0 Å². The van der Waals surface area contributed by atoms with Crippen molar-refractivity contribution in [1.29, 1.82) is 0 Å². The lowest BCUT2D eigenvalue weighted by molar-refractivity contribution is -0.111. The fourth-order valence-electron chi connectivity index (χ4n) is 4.67. The molecule has 2 unspecified atom stereocenters. The number of aldehydes is 1. The Morgan fingerprint density at radius 1 is 1.16 bits per heavy atom. The number of carbonyl (C=O) groups excluding carboxylic acids is 3. The zero-order valence-electron chi connectivity index (χ0n) is 21.0. The topological polar surface area (TPSA) is 134 Å². The summed E-state index contributed by atoms with van der Waals surface area (Å²) in [5.41, 5.74) is 7.56. The van der Waals surface area contributed by atoms with E-state index in [0.29, 0.717) is 42.4 Å². The number of halogens is 1. The van der Waals surface area contributed by atoms with Crippen LogP contribution in [0.4, 0.5) is 10.5 Å². The van der Waals surface area contributed by atoms with E-state index in [1.165, 1.54) is 6.20 Å². The van der Waals surface area contributed by atoms with Crippen molar-refractivity contribution in [1.82, 2.24) is 20.2 Å². The third kappa shape index (κ3) is 6.03. The highest BCUT2D eigenvalue weighted by Gasteiger charge is 2.34. The fraction of sp³-hybridized carbons (Fsp3) is 0.385. The van der Waals surface area contributed by atoms with E-state index in [9.17, 15) is 14.4 Å². The van der Waals surface area contributed by atoms with Crippen LogP contribution >= 0.6 is 11.6 Å². The lowest BCUT2D eigenvalue weighted by Crippen LogP contribution is -2.54. The number of nitrogens with one attached hydrogen (secondary N) is 2. The predicted molar refractivity (Wildman–Crippen MR) is 142 cm³/mol. The fourth-order valence-corrected chi connectivity index (χ4v) is 4.80. The standard InChI is InChI=1S/C26H31ClN6O4/c1-26(2,3)37-25(36)31-20(15-34)21(16-4-6-17(27)7-5-16)32-10-12-33(13-11-32)22-18-8-9-29-24(18)30-14-19(22)23(28)35/h4-9,14-15,20-21H,10-13H2,1-3H3,(H2,28,35)(H,29,30)(H,31,36). The van der Waals surface area contributed by atoms with Crippen LogP contribution in [0, 0.1) is 0 Å². The molecule has 3 heterocycles. The first-order valence-corrected chi connectivity index (χ1v) is 12.4. The number of amides is 2. The molecule has 0 saturated carbocycles. The van der Waals surface area contributed by atoms with Crippen molar-refractivity contribution in [3.8, 4) is 0 Å². The van der Waals surface area contributed by atoms with E-state index in [-0.39, 0.29) is 0 Å². The van der Waals surface area contributed by atoms with E-state index in [0.717, 1.165) is 22.9 Å². The number of hydrogen-bond acceptors (Lipinski definition) is 7. The average molecular weight is 527 g/mol. The van der Waals surface area contributed by atoms with Gasteiger partial charge in [-0.15, -0.1) is 0 Å². The summed E-state index contributed by atoms with van der Waals surface area (Å²) in [6.07, 6.45) is 3.33. The number of aromatic amines is 1. The first-order valence-electron chi connectivity index (χ1n) is 12.0. The SMILES string of the molecule is CC(C)(C)OC(=O)NC(C=O)C(c1ccc(Cl)cc1)N1CCN(c2c(C(N)=O)cnc3[nH]ccc23)CC1. The van der Waals surface area contributed by atoms with Crippen LogP contribution in [-0.4, -0.2) is 71.0 Å². The molecule has 0 bridgehead atoms. The van der Waals surface area contributed by atoms with E-state index in [4.69, 9.17) is 22.1 Å². The molecule has 1 aliphatic rings. The van der Waals surface area contributed by atoms with E-state index in [1.807, 2.05) is 18.2 Å². The molecule has 0 radical (unpaired) electrons. The first-order chi connectivity index (χ1) is 17.6. The smallest absolute Gasteiger partial charge is 0.408 e. The van der Waals surface area contributed by atoms with Gasteiger partial charge in [0.05, 0.1) is 17.3 Å². The monoisotopic (exact) mass is 526 g/mol. The highest BCUT2D eigenvalue weighted by molar-refractivity contribution is 6.30. The van der Waals surface area contributed by atoms with Crippen molar-refractivity contribution in [3.05, 3.63) is 58.9 Å². The maximum atomic E-state index is 12.5. The Balaban J connectivity index is 1.60. The van der Waals surface area contributed by atoms with Crippen LogP contribution in [-0.2, 0) is 9.53 Å². The van der Waals surface area contributed by atoms with Gasteiger partial charge in [0.1, 0.15) is 23.6 Å². The van der Waals surface area contributed by atoms with Crippen LogP contribution in [0.25, 0.3) is 11.0 Å². The largest absolute Gasteiger partial charge is 0.444 e. The Bertz CT molecular complexity index is 1280. The zero-order chi connectivity index (χ0) is 26.7. The first kappa shape index (κ1) is 26.4. The number of carbonyl (C=O) groups is 3. The van der Waals surface area contributed by atoms with Crippen molar-refractivity contribution in [2.45, 2.75) is 38.5 Å². The molecule has 1 saturated heterocycles. The Morgan fingerprint density at radius 3 is 2.43 bits per heavy atom. The van der Waals surface area contributed by atoms with Gasteiger partial charge in [0.15, 0.2) is 0 Å². The van der Waals surface area contributed by atoms with Crippen LogP contribution in [0.2, 0.25) is 5.02 Å². The van der Waals surface area contributed by atoms with E-state index in [1.54, 1.807) is 39.1 Å². The number of fused-ring (bicyclic) bond motifs is 1. The number of pyridine rings is 1. The maximum absolute atomic E-state index is 12.5. The number of ether oxygens (including phenoxy) is 1. The van der Waals surface area contributed by atoms with Crippen molar-refractivity contribution in [2.24, 2.45) is 5.73 Å². The van der Waals surface area contributed by atoms with Crippen LogP contribution in [0.5, 0.6) is 0 Å². The lowest BCUT2D eigenvalue weighted by Gasteiger charge is -2.42. The minimum atomic E-state index is -0.860. The second-order valence-electron chi connectivity index (χ2n) is 9.95. The third-order valence-corrected chi connectivity index (χ3v) is 6.48. The number of rotatable bonds is 7. The minimum Gasteiger partial charge on any atom is -0.444 e. The van der Waals surface area contributed by atoms with Gasteiger partial charge in [-0.1, -0.05) is 23.7 Å². The zero-order valence-corrected chi connectivity index (χ0v) is 21.8. The molecule has 1 aliphatic heterocycles. The Hall–Kier alpha value is -3.63. The van der Waals surface area contributed by atoms with Crippen molar-refractivity contribution >= 4 is 46.6 Å². The number of primary amides is 1. The molecule has 11 heteroatoms. The summed E-state index contributed by atoms with van der Waals surface area (Å²) in [6, 6.07) is 7.78. The molecule has 1 aromatic carbocycles. The van der Waals surface area contributed by atoms with Crippen LogP contribution in [0.3, 0.4) is 0 Å². The Kier molecular flexibility index (Phi) is 7.70. The number of H-pyrrole nitrogens is 1. The van der Waals surface area contributed by atoms with E-state index < -0.39 is 29.7 Å². The summed E-state index contributed by atoms with van der Waals surface area (Å²) in [4.78, 5) is 48.6. The second-order valence-corrected chi connectivity index (χ2v) is 10.4. The number of piperazine rings is 1. The number of benzene rings is 1. The van der Waals surface area contributed by atoms with Gasteiger partial charge in [-0.05, 0) is 44.5 Å². The summed E-state index contributed by atoms with van der Waals surface area (Å²) in [5, 5.41) is 4.12. The molecule has 196 valence electrons. The number of aromatic nitrogens is 2. The van der Waals surface area contributed by atoms with E-state index in [2.05, 4.69) is 25.1 Å². The van der Waals surface area contributed by atoms with Crippen LogP contribution in [0.1, 0.15) is 42.7 Å². The van der Waals surface area contributed by atoms with Gasteiger partial charge in [-0.2, -0.15) is 0 Å². The maximum Gasteiger partial charge on any atom is 0.408 e. The predicted octanol–water partition coefficient (Wildman–Crippen LogP) is 3.27. The average Bonchev–Trinajstić information content (AvgIpc) is 3.32. The van der Waals surface area contributed by atoms with Gasteiger partial charge in [0.2, 0.25) is 0 Å².